The molecule has 0 radical (unpaired) electrons. The van der Waals surface area contributed by atoms with E-state index in [2.05, 4.69) is 72.1 Å². The Morgan fingerprint density at radius 1 is 0.754 bits per heavy atom. The highest BCUT2D eigenvalue weighted by molar-refractivity contribution is 6.03. The van der Waals surface area contributed by atoms with Crippen LogP contribution in [-0.4, -0.2) is 30.5 Å². The summed E-state index contributed by atoms with van der Waals surface area (Å²) in [6.45, 7) is 19.9. The van der Waals surface area contributed by atoms with Crippen molar-refractivity contribution in [1.82, 2.24) is 19.6 Å². The van der Waals surface area contributed by atoms with Crippen LogP contribution in [0.1, 0.15) is 116 Å². The normalized spacial score (nSPS) is 27.6. The van der Waals surface area contributed by atoms with E-state index in [1.807, 2.05) is 41.7 Å². The number of hydrogen-bond donors (Lipinski definition) is 1. The molecule has 4 aromatic rings. The van der Waals surface area contributed by atoms with Crippen LogP contribution in [0.4, 0.5) is 0 Å². The summed E-state index contributed by atoms with van der Waals surface area (Å²) >= 11 is 0. The predicted molar refractivity (Wildman–Crippen MR) is 225 cm³/mol. The summed E-state index contributed by atoms with van der Waals surface area (Å²) in [5, 5.41) is 21.1. The summed E-state index contributed by atoms with van der Waals surface area (Å²) in [6, 6.07) is 20.9. The second-order valence-corrected chi connectivity index (χ2v) is 18.0. The summed E-state index contributed by atoms with van der Waals surface area (Å²) in [5.41, 5.74) is 9.42. The van der Waals surface area contributed by atoms with Crippen molar-refractivity contribution in [2.75, 3.05) is 0 Å². The zero-order chi connectivity index (χ0) is 41.0. The molecule has 294 valence electrons. The van der Waals surface area contributed by atoms with Crippen LogP contribution in [0.2, 0.25) is 0 Å². The topological polar surface area (TPSA) is 81.7 Å². The van der Waals surface area contributed by atoms with Crippen LogP contribution in [0.25, 0.3) is 32.2 Å². The van der Waals surface area contributed by atoms with E-state index in [9.17, 15) is 9.90 Å². The van der Waals surface area contributed by atoms with Crippen molar-refractivity contribution in [1.29, 1.82) is 0 Å². The fourth-order valence-corrected chi connectivity index (χ4v) is 13.0. The number of aromatic nitrogens is 4. The number of allylic oxidation sites excluding steroid dienone is 4. The molecule has 6 aliphatic carbocycles. The molecule has 6 aliphatic rings. The SMILES string of the molecule is [3H]C.[C-]#[N+]C1=C(O)C2(CCCC2)[C@@H]2CCc3c(nn(C)c3-c3ccccc3)[C@@]2(C)C1.[C-]#[N+]C1=C[C@]2(C)c3nn(C)c(-c4ccccc4)c3CC[C@H]2C2(CCCC2)C1=O. The van der Waals surface area contributed by atoms with Gasteiger partial charge in [0.15, 0.2) is 5.78 Å². The quantitative estimate of drug-likeness (QED) is 0.206. The summed E-state index contributed by atoms with van der Waals surface area (Å²) in [4.78, 5) is 20.7. The fourth-order valence-electron chi connectivity index (χ4n) is 13.0. The summed E-state index contributed by atoms with van der Waals surface area (Å²) in [6.07, 6.45) is 14.9. The standard InChI is InChI=1S/C24H27N3O.C24H25N3O.CH4/c2*1-23-15-18(25-2)22(28)24(13-7-8-14-24)19(23)12-11-17-20(27(3)26-21(17)23)16-9-5-4-6-10-16;/h4-6,9-10,19,28H,7-8,11-15H2,1,3H3;4-6,9-10,15,19H,7-8,11-14H2,1,3H3;1H4/t2*19-,23+;/m11./s1/i;;1T. The van der Waals surface area contributed by atoms with Crippen molar-refractivity contribution in [3.63, 3.8) is 0 Å². The number of rotatable bonds is 2. The molecule has 0 bridgehead atoms. The van der Waals surface area contributed by atoms with E-state index >= 15 is 0 Å². The van der Waals surface area contributed by atoms with Crippen LogP contribution < -0.4 is 0 Å². The number of carbonyl (C=O) groups excluding carboxylic acids is 1. The number of hydrogen-bond acceptors (Lipinski definition) is 4. The lowest BCUT2D eigenvalue weighted by atomic mass is 9.51. The van der Waals surface area contributed by atoms with Crippen molar-refractivity contribution >= 4 is 5.78 Å². The Balaban J connectivity index is 0.000000155. The zero-order valence-electron chi connectivity index (χ0n) is 35.2. The van der Waals surface area contributed by atoms with Crippen molar-refractivity contribution in [2.45, 2.75) is 116 Å². The number of fused-ring (bicyclic) bond motifs is 8. The maximum atomic E-state index is 13.3. The maximum absolute atomic E-state index is 13.3. The van der Waals surface area contributed by atoms with Crippen LogP contribution in [-0.2, 0) is 42.6 Å². The molecule has 0 unspecified atom stereocenters. The predicted octanol–water partition coefficient (Wildman–Crippen LogP) is 11.0. The second kappa shape index (κ2) is 14.0. The lowest BCUT2D eigenvalue weighted by Gasteiger charge is -2.53. The molecule has 8 nitrogen and oxygen atoms in total. The molecule has 0 aliphatic heterocycles. The molecule has 2 aromatic heterocycles. The Kier molecular flexibility index (Phi) is 9.19. The molecule has 8 heteroatoms. The third-order valence-electron chi connectivity index (χ3n) is 15.3. The Morgan fingerprint density at radius 3 is 1.77 bits per heavy atom. The number of ketones is 1. The van der Waals surface area contributed by atoms with Gasteiger partial charge in [0.2, 0.25) is 11.4 Å². The number of nitrogens with zero attached hydrogens (tertiary/aromatic N) is 6. The molecule has 10 rings (SSSR count). The molecule has 57 heavy (non-hydrogen) atoms. The summed E-state index contributed by atoms with van der Waals surface area (Å²) < 4.78 is 9.78. The first-order chi connectivity index (χ1) is 28.0. The monoisotopic (exact) mass is 762 g/mol. The first-order valence-corrected chi connectivity index (χ1v) is 20.7. The molecule has 4 atom stereocenters. The first kappa shape index (κ1) is 37.4. The largest absolute Gasteiger partial charge is 0.523 e. The van der Waals surface area contributed by atoms with Crippen LogP contribution >= 0.6 is 0 Å². The molecular formula is C49H56N6O2. The van der Waals surface area contributed by atoms with Crippen LogP contribution in [0, 0.1) is 35.8 Å². The van der Waals surface area contributed by atoms with Crippen LogP contribution in [0.15, 0.2) is 83.9 Å². The molecule has 2 saturated carbocycles. The van der Waals surface area contributed by atoms with E-state index in [4.69, 9.17) is 24.7 Å². The minimum Gasteiger partial charge on any atom is -0.523 e. The van der Waals surface area contributed by atoms with Gasteiger partial charge in [-0.2, -0.15) is 10.2 Å². The van der Waals surface area contributed by atoms with Crippen molar-refractivity contribution < 1.29 is 11.3 Å². The number of aliphatic hydroxyl groups is 1. The van der Waals surface area contributed by atoms with E-state index < -0.39 is 0 Å². The number of carbonyl (C=O) groups is 1. The van der Waals surface area contributed by atoms with Crippen molar-refractivity contribution in [3.05, 3.63) is 129 Å². The van der Waals surface area contributed by atoms with Gasteiger partial charge in [0.05, 0.1) is 35.9 Å². The minimum atomic E-state index is -0.356. The number of benzene rings is 2. The average Bonchev–Trinajstić information content (AvgIpc) is 4.06. The van der Waals surface area contributed by atoms with E-state index in [0.29, 0.717) is 29.5 Å². The van der Waals surface area contributed by atoms with Gasteiger partial charge in [0, 0.05) is 59.4 Å². The van der Waals surface area contributed by atoms with E-state index in [0.717, 1.165) is 88.4 Å². The van der Waals surface area contributed by atoms with Gasteiger partial charge >= 0.3 is 0 Å². The third kappa shape index (κ3) is 5.46. The molecule has 0 saturated heterocycles. The van der Waals surface area contributed by atoms with Crippen molar-refractivity contribution in [2.24, 2.45) is 36.8 Å². The van der Waals surface area contributed by atoms with Crippen LogP contribution in [0.3, 0.4) is 0 Å². The second-order valence-electron chi connectivity index (χ2n) is 18.0. The number of aliphatic hydroxyl groups excluding tert-OH is 1. The third-order valence-corrected chi connectivity index (χ3v) is 15.3. The van der Waals surface area contributed by atoms with E-state index in [1.165, 1.54) is 41.0 Å². The van der Waals surface area contributed by atoms with Crippen molar-refractivity contribution in [3.8, 4) is 22.5 Å². The summed E-state index contributed by atoms with van der Waals surface area (Å²) in [5.74, 6) is 1.11. The fraction of sp³-hybridized carbons (Fsp3) is 0.490. The lowest BCUT2D eigenvalue weighted by Crippen LogP contribution is -2.52. The maximum Gasteiger partial charge on any atom is 0.226 e. The Labute approximate surface area is 339 Å². The van der Waals surface area contributed by atoms with Gasteiger partial charge < -0.3 is 9.90 Å². The molecule has 2 heterocycles. The van der Waals surface area contributed by atoms with E-state index in [1.54, 1.807) is 0 Å². The highest BCUT2D eigenvalue weighted by Gasteiger charge is 2.61. The lowest BCUT2D eigenvalue weighted by molar-refractivity contribution is -0.130. The zero-order valence-corrected chi connectivity index (χ0v) is 34.2. The highest BCUT2D eigenvalue weighted by atomic mass is 16.3. The Morgan fingerprint density at radius 2 is 1.25 bits per heavy atom. The molecule has 0 amide bonds. The van der Waals surface area contributed by atoms with Gasteiger partial charge in [-0.05, 0) is 69.6 Å². The van der Waals surface area contributed by atoms with Gasteiger partial charge in [-0.15, -0.1) is 0 Å². The van der Waals surface area contributed by atoms with E-state index in [-0.39, 0.29) is 33.4 Å². The molecular weight excluding hydrogens is 705 g/mol. The van der Waals surface area contributed by atoms with Gasteiger partial charge in [-0.25, -0.2) is 9.69 Å². The van der Waals surface area contributed by atoms with Gasteiger partial charge in [0.25, 0.3) is 0 Å². The first-order valence-electron chi connectivity index (χ1n) is 21.7. The average molecular weight is 763 g/mol. The van der Waals surface area contributed by atoms with Gasteiger partial charge in [-0.1, -0.05) is 114 Å². The highest BCUT2D eigenvalue weighted by Crippen LogP contribution is 2.65. The Hall–Kier alpha value is -5.21. The van der Waals surface area contributed by atoms with Gasteiger partial charge in [0.1, 0.15) is 5.76 Å². The summed E-state index contributed by atoms with van der Waals surface area (Å²) in [7, 11) is 5.30. The molecule has 2 fully saturated rings. The number of Topliss-reactive ketones (excluding diaryl/α,β-unsaturated/α-hetero) is 1. The minimum absolute atomic E-state index is 0.102. The Bertz CT molecular complexity index is 2380. The van der Waals surface area contributed by atoms with Gasteiger partial charge in [-0.3, -0.25) is 9.36 Å². The molecule has 2 aromatic carbocycles. The molecule has 2 spiro atoms. The number of aryl methyl sites for hydroxylation is 2. The molecule has 1 N–H and O–H groups in total. The smallest absolute Gasteiger partial charge is 0.226 e. The van der Waals surface area contributed by atoms with Crippen LogP contribution in [0.5, 0.6) is 0 Å².